The normalized spacial score (nSPS) is 24.4. The number of amides is 1. The molecule has 1 aromatic carbocycles. The maximum atomic E-state index is 12.3. The second-order valence-corrected chi connectivity index (χ2v) is 6.63. The van der Waals surface area contributed by atoms with Gasteiger partial charge in [-0.2, -0.15) is 0 Å². The number of hydrogen-bond donors (Lipinski definition) is 2. The SMILES string of the molecule is CC1(C)[C@H](C(=O)O)[C@@H]1C(=O)NCc1cccc2c1OCCCO2. The maximum absolute atomic E-state index is 12.3. The number of nitrogens with one attached hydrogen (secondary N) is 1. The van der Waals surface area contributed by atoms with Crippen LogP contribution in [0.2, 0.25) is 0 Å². The molecule has 1 heterocycles. The van der Waals surface area contributed by atoms with Gasteiger partial charge in [-0.25, -0.2) is 0 Å². The number of benzene rings is 1. The summed E-state index contributed by atoms with van der Waals surface area (Å²) in [6.45, 7) is 5.10. The fourth-order valence-electron chi connectivity index (χ4n) is 3.27. The first-order valence-electron chi connectivity index (χ1n) is 7.81. The Kier molecular flexibility index (Phi) is 3.92. The van der Waals surface area contributed by atoms with Gasteiger partial charge < -0.3 is 19.9 Å². The van der Waals surface area contributed by atoms with Crippen LogP contribution in [0.15, 0.2) is 18.2 Å². The van der Waals surface area contributed by atoms with Crippen LogP contribution >= 0.6 is 0 Å². The molecule has 1 fully saturated rings. The molecule has 0 radical (unpaired) electrons. The number of fused-ring (bicyclic) bond motifs is 1. The fraction of sp³-hybridized carbons (Fsp3) is 0.529. The van der Waals surface area contributed by atoms with Gasteiger partial charge in [0.15, 0.2) is 11.5 Å². The standard InChI is InChI=1S/C17H21NO5/c1-17(2)12(13(17)16(20)21)15(19)18-9-10-5-3-6-11-14(10)23-8-4-7-22-11/h3,5-6,12-13H,4,7-9H2,1-2H3,(H,18,19)(H,20,21)/t12-,13+/m1/s1. The van der Waals surface area contributed by atoms with Crippen molar-refractivity contribution < 1.29 is 24.2 Å². The summed E-state index contributed by atoms with van der Waals surface area (Å²) in [5, 5.41) is 12.0. The second-order valence-electron chi connectivity index (χ2n) is 6.63. The number of carbonyl (C=O) groups is 2. The molecule has 0 bridgehead atoms. The number of carboxylic acid groups (broad SMARTS) is 1. The van der Waals surface area contributed by atoms with E-state index in [1.165, 1.54) is 0 Å². The Balaban J connectivity index is 1.68. The zero-order chi connectivity index (χ0) is 16.6. The van der Waals surface area contributed by atoms with Crippen LogP contribution in [-0.2, 0) is 16.1 Å². The summed E-state index contributed by atoms with van der Waals surface area (Å²) in [5.41, 5.74) is 0.339. The third-order valence-electron chi connectivity index (χ3n) is 4.68. The van der Waals surface area contributed by atoms with Gasteiger partial charge >= 0.3 is 5.97 Å². The van der Waals surface area contributed by atoms with Crippen LogP contribution in [0.3, 0.4) is 0 Å². The lowest BCUT2D eigenvalue weighted by atomic mass is 10.1. The number of hydrogen-bond acceptors (Lipinski definition) is 4. The molecule has 3 rings (SSSR count). The summed E-state index contributed by atoms with van der Waals surface area (Å²) < 4.78 is 11.3. The summed E-state index contributed by atoms with van der Waals surface area (Å²) in [4.78, 5) is 23.5. The number of aliphatic carboxylic acids is 1. The monoisotopic (exact) mass is 319 g/mol. The van der Waals surface area contributed by atoms with Crippen molar-refractivity contribution in [3.63, 3.8) is 0 Å². The summed E-state index contributed by atoms with van der Waals surface area (Å²) in [7, 11) is 0. The molecule has 2 atom stereocenters. The highest BCUT2D eigenvalue weighted by atomic mass is 16.5. The molecule has 1 aliphatic heterocycles. The Morgan fingerprint density at radius 2 is 2.00 bits per heavy atom. The molecule has 1 aromatic rings. The average Bonchev–Trinajstić information content (AvgIpc) is 3.16. The second kappa shape index (κ2) is 5.76. The van der Waals surface area contributed by atoms with Crippen molar-refractivity contribution in [2.75, 3.05) is 13.2 Å². The van der Waals surface area contributed by atoms with Crippen molar-refractivity contribution in [3.8, 4) is 11.5 Å². The van der Waals surface area contributed by atoms with Gasteiger partial charge in [-0.3, -0.25) is 9.59 Å². The molecule has 6 heteroatoms. The molecule has 124 valence electrons. The number of carbonyl (C=O) groups excluding carboxylic acids is 1. The van der Waals surface area contributed by atoms with Gasteiger partial charge in [0.1, 0.15) is 0 Å². The minimum Gasteiger partial charge on any atom is -0.490 e. The van der Waals surface area contributed by atoms with E-state index >= 15 is 0 Å². The Hall–Kier alpha value is -2.24. The average molecular weight is 319 g/mol. The molecule has 0 aromatic heterocycles. The highest BCUT2D eigenvalue weighted by Gasteiger charge is 2.65. The van der Waals surface area contributed by atoms with Crippen LogP contribution < -0.4 is 14.8 Å². The number of ether oxygens (including phenoxy) is 2. The van der Waals surface area contributed by atoms with Crippen molar-refractivity contribution in [2.45, 2.75) is 26.8 Å². The molecule has 0 spiro atoms. The van der Waals surface area contributed by atoms with E-state index in [2.05, 4.69) is 5.32 Å². The maximum Gasteiger partial charge on any atom is 0.307 e. The minimum absolute atomic E-state index is 0.227. The Morgan fingerprint density at radius 1 is 1.26 bits per heavy atom. The van der Waals surface area contributed by atoms with Gasteiger partial charge in [0.05, 0.1) is 25.0 Å². The lowest BCUT2D eigenvalue weighted by molar-refractivity contribution is -0.140. The Bertz CT molecular complexity index is 640. The van der Waals surface area contributed by atoms with E-state index < -0.39 is 23.2 Å². The summed E-state index contributed by atoms with van der Waals surface area (Å²) in [6.07, 6.45) is 0.817. The van der Waals surface area contributed by atoms with Crippen LogP contribution in [0.1, 0.15) is 25.8 Å². The fourth-order valence-corrected chi connectivity index (χ4v) is 3.27. The molecule has 1 saturated carbocycles. The van der Waals surface area contributed by atoms with E-state index in [0.29, 0.717) is 31.3 Å². The zero-order valence-corrected chi connectivity index (χ0v) is 13.3. The van der Waals surface area contributed by atoms with Gasteiger partial charge in [0, 0.05) is 18.5 Å². The van der Waals surface area contributed by atoms with Crippen molar-refractivity contribution in [2.24, 2.45) is 17.3 Å². The minimum atomic E-state index is -0.916. The van der Waals surface area contributed by atoms with Crippen molar-refractivity contribution in [3.05, 3.63) is 23.8 Å². The molecule has 2 aliphatic rings. The van der Waals surface area contributed by atoms with Crippen LogP contribution in [0.25, 0.3) is 0 Å². The quantitative estimate of drug-likeness (QED) is 0.884. The zero-order valence-electron chi connectivity index (χ0n) is 13.3. The first kappa shape index (κ1) is 15.6. The van der Waals surface area contributed by atoms with E-state index in [4.69, 9.17) is 14.6 Å². The van der Waals surface area contributed by atoms with Crippen LogP contribution in [-0.4, -0.2) is 30.2 Å². The van der Waals surface area contributed by atoms with Crippen molar-refractivity contribution in [1.29, 1.82) is 0 Å². The predicted octanol–water partition coefficient (Wildman–Crippen LogP) is 1.82. The Labute approximate surface area is 134 Å². The smallest absolute Gasteiger partial charge is 0.307 e. The molecule has 0 unspecified atom stereocenters. The predicted molar refractivity (Wildman–Crippen MR) is 82.3 cm³/mol. The molecule has 0 saturated heterocycles. The van der Waals surface area contributed by atoms with Crippen molar-refractivity contribution >= 4 is 11.9 Å². The van der Waals surface area contributed by atoms with Crippen LogP contribution in [0.4, 0.5) is 0 Å². The molecule has 1 aliphatic carbocycles. The van der Waals surface area contributed by atoms with Gasteiger partial charge in [0.25, 0.3) is 0 Å². The molecular weight excluding hydrogens is 298 g/mol. The topological polar surface area (TPSA) is 84.9 Å². The third kappa shape index (κ3) is 2.85. The number of carboxylic acids is 1. The van der Waals surface area contributed by atoms with Gasteiger partial charge in [0.2, 0.25) is 5.91 Å². The molecular formula is C17H21NO5. The molecule has 23 heavy (non-hydrogen) atoms. The molecule has 1 amide bonds. The summed E-state index contributed by atoms with van der Waals surface area (Å²) >= 11 is 0. The lowest BCUT2D eigenvalue weighted by Gasteiger charge is -2.13. The first-order chi connectivity index (χ1) is 10.9. The Morgan fingerprint density at radius 3 is 2.70 bits per heavy atom. The van der Waals surface area contributed by atoms with Gasteiger partial charge in [-0.05, 0) is 11.5 Å². The summed E-state index contributed by atoms with van der Waals surface area (Å²) in [5.74, 6) is -0.899. The summed E-state index contributed by atoms with van der Waals surface area (Å²) in [6, 6.07) is 5.58. The van der Waals surface area contributed by atoms with E-state index in [0.717, 1.165) is 12.0 Å². The highest BCUT2D eigenvalue weighted by molar-refractivity contribution is 5.91. The molecule has 6 nitrogen and oxygen atoms in total. The van der Waals surface area contributed by atoms with Crippen molar-refractivity contribution in [1.82, 2.24) is 5.32 Å². The van der Waals surface area contributed by atoms with E-state index in [1.807, 2.05) is 32.0 Å². The largest absolute Gasteiger partial charge is 0.490 e. The number of rotatable bonds is 4. The molecule has 2 N–H and O–H groups in total. The van der Waals surface area contributed by atoms with Crippen LogP contribution in [0, 0.1) is 17.3 Å². The van der Waals surface area contributed by atoms with E-state index in [-0.39, 0.29) is 5.91 Å². The van der Waals surface area contributed by atoms with E-state index in [1.54, 1.807) is 0 Å². The first-order valence-corrected chi connectivity index (χ1v) is 7.81. The lowest BCUT2D eigenvalue weighted by Crippen LogP contribution is -2.27. The van der Waals surface area contributed by atoms with Gasteiger partial charge in [-0.15, -0.1) is 0 Å². The number of para-hydroxylation sites is 1. The van der Waals surface area contributed by atoms with Gasteiger partial charge in [-0.1, -0.05) is 26.0 Å². The van der Waals surface area contributed by atoms with E-state index in [9.17, 15) is 9.59 Å². The van der Waals surface area contributed by atoms with Crippen LogP contribution in [0.5, 0.6) is 11.5 Å². The highest BCUT2D eigenvalue weighted by Crippen LogP contribution is 2.58. The third-order valence-corrected chi connectivity index (χ3v) is 4.68.